The molecule has 1 saturated heterocycles. The maximum Gasteiger partial charge on any atom is 0.225 e. The number of nitrogens with zero attached hydrogens (tertiary/aromatic N) is 1. The van der Waals surface area contributed by atoms with Crippen LogP contribution in [-0.2, 0) is 16.1 Å². The molecule has 1 N–H and O–H groups in total. The van der Waals surface area contributed by atoms with E-state index < -0.39 is 0 Å². The van der Waals surface area contributed by atoms with Gasteiger partial charge in [-0.25, -0.2) is 0 Å². The average molecular weight is 403 g/mol. The van der Waals surface area contributed by atoms with Gasteiger partial charge < -0.3 is 10.2 Å². The number of nitrogens with one attached hydrogen (secondary N) is 1. The predicted octanol–water partition coefficient (Wildman–Crippen LogP) is 4.97. The zero-order valence-electron chi connectivity index (χ0n) is 15.1. The lowest BCUT2D eigenvalue weighted by atomic mass is 10.1. The third-order valence-corrected chi connectivity index (χ3v) is 5.68. The molecule has 0 aliphatic carbocycles. The Morgan fingerprint density at radius 3 is 2.74 bits per heavy atom. The van der Waals surface area contributed by atoms with E-state index in [1.165, 1.54) is 0 Å². The maximum atomic E-state index is 12.2. The Bertz CT molecular complexity index is 795. The molecule has 1 heterocycles. The molecule has 3 rings (SSSR count). The number of hydrogen-bond acceptors (Lipinski definition) is 3. The second-order valence-electron chi connectivity index (χ2n) is 6.57. The molecule has 1 aliphatic heterocycles. The number of anilines is 1. The van der Waals surface area contributed by atoms with Crippen LogP contribution >= 0.6 is 23.4 Å². The van der Waals surface area contributed by atoms with E-state index in [-0.39, 0.29) is 11.8 Å². The number of hydrogen-bond donors (Lipinski definition) is 1. The Kier molecular flexibility index (Phi) is 7.18. The molecule has 0 saturated carbocycles. The summed E-state index contributed by atoms with van der Waals surface area (Å²) in [6.45, 7) is 1.42. The lowest BCUT2D eigenvalue weighted by Crippen LogP contribution is -2.34. The highest BCUT2D eigenvalue weighted by atomic mass is 35.5. The van der Waals surface area contributed by atoms with Crippen LogP contribution in [-0.4, -0.2) is 29.0 Å². The summed E-state index contributed by atoms with van der Waals surface area (Å²) in [6, 6.07) is 15.4. The van der Waals surface area contributed by atoms with Gasteiger partial charge in [-0.1, -0.05) is 23.7 Å². The Hall–Kier alpha value is -1.98. The van der Waals surface area contributed by atoms with Crippen molar-refractivity contribution in [3.8, 4) is 0 Å². The summed E-state index contributed by atoms with van der Waals surface area (Å²) in [5.74, 6) is 0.910. The highest BCUT2D eigenvalue weighted by Crippen LogP contribution is 2.21. The molecule has 0 unspecified atom stereocenters. The van der Waals surface area contributed by atoms with Crippen molar-refractivity contribution in [1.29, 1.82) is 0 Å². The van der Waals surface area contributed by atoms with Gasteiger partial charge in [-0.05, 0) is 54.8 Å². The third-order valence-electron chi connectivity index (χ3n) is 4.42. The molecule has 0 bridgehead atoms. The highest BCUT2D eigenvalue weighted by molar-refractivity contribution is 7.99. The van der Waals surface area contributed by atoms with Crippen molar-refractivity contribution < 1.29 is 9.59 Å². The number of thioether (sulfide) groups is 1. The van der Waals surface area contributed by atoms with Crippen LogP contribution in [0.3, 0.4) is 0 Å². The molecule has 1 aliphatic rings. The Balaban J connectivity index is 1.47. The van der Waals surface area contributed by atoms with Crippen LogP contribution < -0.4 is 5.32 Å². The standard InChI is InChI=1S/C21H23ClN2O2S/c22-17-7-9-19(10-8-17)27-13-11-20(25)23-18-5-3-4-16(14-18)15-24-12-2-1-6-21(24)26/h3-5,7-10,14H,1-2,6,11-13,15H2,(H,23,25). The van der Waals surface area contributed by atoms with Crippen molar-refractivity contribution in [3.63, 3.8) is 0 Å². The van der Waals surface area contributed by atoms with Crippen molar-refractivity contribution in [2.75, 3.05) is 17.6 Å². The smallest absolute Gasteiger partial charge is 0.225 e. The molecule has 6 heteroatoms. The van der Waals surface area contributed by atoms with Gasteiger partial charge in [0.25, 0.3) is 0 Å². The quantitative estimate of drug-likeness (QED) is 0.665. The van der Waals surface area contributed by atoms with Gasteiger partial charge in [0.2, 0.25) is 11.8 Å². The van der Waals surface area contributed by atoms with Gasteiger partial charge in [0.1, 0.15) is 0 Å². The number of carbonyl (C=O) groups is 2. The molecule has 4 nitrogen and oxygen atoms in total. The molecule has 0 aromatic heterocycles. The molecule has 1 fully saturated rings. The predicted molar refractivity (Wildman–Crippen MR) is 111 cm³/mol. The van der Waals surface area contributed by atoms with Gasteiger partial charge >= 0.3 is 0 Å². The van der Waals surface area contributed by atoms with Crippen LogP contribution in [0.4, 0.5) is 5.69 Å². The average Bonchev–Trinajstić information content (AvgIpc) is 2.66. The summed E-state index contributed by atoms with van der Waals surface area (Å²) in [7, 11) is 0. The van der Waals surface area contributed by atoms with Crippen LogP contribution in [0.5, 0.6) is 0 Å². The fourth-order valence-electron chi connectivity index (χ4n) is 3.01. The molecular weight excluding hydrogens is 380 g/mol. The minimum atomic E-state index is -0.0114. The van der Waals surface area contributed by atoms with E-state index in [0.717, 1.165) is 35.5 Å². The van der Waals surface area contributed by atoms with Crippen LogP contribution in [0.25, 0.3) is 0 Å². The monoisotopic (exact) mass is 402 g/mol. The zero-order valence-corrected chi connectivity index (χ0v) is 16.7. The fraction of sp³-hybridized carbons (Fsp3) is 0.333. The summed E-state index contributed by atoms with van der Waals surface area (Å²) in [4.78, 5) is 27.2. The molecule has 142 valence electrons. The van der Waals surface area contributed by atoms with Gasteiger partial charge in [0, 0.05) is 47.3 Å². The van der Waals surface area contributed by atoms with E-state index in [0.29, 0.717) is 30.2 Å². The number of halogens is 1. The molecular formula is C21H23ClN2O2S. The second kappa shape index (κ2) is 9.81. The minimum Gasteiger partial charge on any atom is -0.338 e. The molecule has 2 amide bonds. The molecule has 0 atom stereocenters. The van der Waals surface area contributed by atoms with Crippen molar-refractivity contribution in [3.05, 3.63) is 59.1 Å². The summed E-state index contributed by atoms with van der Waals surface area (Å²) in [5.41, 5.74) is 1.82. The van der Waals surface area contributed by atoms with E-state index in [1.807, 2.05) is 53.4 Å². The van der Waals surface area contributed by atoms with Gasteiger partial charge in [0.05, 0.1) is 0 Å². The number of benzene rings is 2. The van der Waals surface area contributed by atoms with E-state index >= 15 is 0 Å². The Labute approximate surface area is 169 Å². The number of amides is 2. The minimum absolute atomic E-state index is 0.0114. The lowest BCUT2D eigenvalue weighted by Gasteiger charge is -2.26. The highest BCUT2D eigenvalue weighted by Gasteiger charge is 2.18. The van der Waals surface area contributed by atoms with Gasteiger partial charge in [-0.2, -0.15) is 0 Å². The summed E-state index contributed by atoms with van der Waals surface area (Å²) in [6.07, 6.45) is 3.12. The van der Waals surface area contributed by atoms with Crippen molar-refractivity contribution >= 4 is 40.9 Å². The van der Waals surface area contributed by atoms with Gasteiger partial charge in [-0.3, -0.25) is 9.59 Å². The van der Waals surface area contributed by atoms with Gasteiger partial charge in [-0.15, -0.1) is 11.8 Å². The maximum absolute atomic E-state index is 12.2. The first-order valence-corrected chi connectivity index (χ1v) is 10.5. The van der Waals surface area contributed by atoms with Crippen molar-refractivity contribution in [2.24, 2.45) is 0 Å². The molecule has 0 spiro atoms. The molecule has 2 aromatic rings. The first kappa shape index (κ1) is 19.8. The summed E-state index contributed by atoms with van der Waals surface area (Å²) >= 11 is 7.50. The van der Waals surface area contributed by atoms with Crippen molar-refractivity contribution in [1.82, 2.24) is 4.90 Å². The zero-order chi connectivity index (χ0) is 19.1. The normalized spacial score (nSPS) is 14.3. The topological polar surface area (TPSA) is 49.4 Å². The van der Waals surface area contributed by atoms with Crippen molar-refractivity contribution in [2.45, 2.75) is 37.1 Å². The molecule has 27 heavy (non-hydrogen) atoms. The van der Waals surface area contributed by atoms with E-state index in [2.05, 4.69) is 5.32 Å². The van der Waals surface area contributed by atoms with Crippen LogP contribution in [0.1, 0.15) is 31.2 Å². The van der Waals surface area contributed by atoms with Crippen LogP contribution in [0, 0.1) is 0 Å². The van der Waals surface area contributed by atoms with Crippen LogP contribution in [0.2, 0.25) is 5.02 Å². The number of likely N-dealkylation sites (tertiary alicyclic amines) is 1. The largest absolute Gasteiger partial charge is 0.338 e. The third kappa shape index (κ3) is 6.29. The van der Waals surface area contributed by atoms with Crippen LogP contribution in [0.15, 0.2) is 53.4 Å². The van der Waals surface area contributed by atoms with E-state index in [4.69, 9.17) is 11.6 Å². The van der Waals surface area contributed by atoms with Gasteiger partial charge in [0.15, 0.2) is 0 Å². The van der Waals surface area contributed by atoms with E-state index in [9.17, 15) is 9.59 Å². The molecule has 2 aromatic carbocycles. The SMILES string of the molecule is O=C(CCSc1ccc(Cl)cc1)Nc1cccc(CN2CCCCC2=O)c1. The summed E-state index contributed by atoms with van der Waals surface area (Å²) in [5, 5.41) is 3.66. The second-order valence-corrected chi connectivity index (χ2v) is 8.18. The lowest BCUT2D eigenvalue weighted by molar-refractivity contribution is -0.133. The Morgan fingerprint density at radius 2 is 1.96 bits per heavy atom. The Morgan fingerprint density at radius 1 is 1.15 bits per heavy atom. The summed E-state index contributed by atoms with van der Waals surface area (Å²) < 4.78 is 0. The first-order valence-electron chi connectivity index (χ1n) is 9.15. The fourth-order valence-corrected chi connectivity index (χ4v) is 3.99. The number of carbonyl (C=O) groups excluding carboxylic acids is 2. The van der Waals surface area contributed by atoms with E-state index in [1.54, 1.807) is 11.8 Å². The molecule has 0 radical (unpaired) electrons. The number of piperidine rings is 1. The first-order chi connectivity index (χ1) is 13.1. The number of rotatable bonds is 7.